The number of anilines is 1. The Morgan fingerprint density at radius 3 is 2.95 bits per heavy atom. The van der Waals surface area contributed by atoms with Gasteiger partial charge in [0.05, 0.1) is 31.1 Å². The highest BCUT2D eigenvalue weighted by atomic mass is 35.5. The van der Waals surface area contributed by atoms with E-state index in [2.05, 4.69) is 15.7 Å². The van der Waals surface area contributed by atoms with Crippen molar-refractivity contribution >= 4 is 17.3 Å². The van der Waals surface area contributed by atoms with Crippen LogP contribution < -0.4 is 16.2 Å². The van der Waals surface area contributed by atoms with E-state index in [1.165, 1.54) is 10.9 Å². The average molecular weight is 305 g/mol. The van der Waals surface area contributed by atoms with Crippen LogP contribution in [0.25, 0.3) is 0 Å². The number of aromatic nitrogens is 2. The number of aliphatic hydroxyl groups excluding tert-OH is 1. The lowest BCUT2D eigenvalue weighted by molar-refractivity contribution is 0.182. The average Bonchev–Trinajstić information content (AvgIpc) is 2.41. The number of aliphatic hydroxyl groups is 1. The van der Waals surface area contributed by atoms with Gasteiger partial charge < -0.3 is 20.5 Å². The molecule has 1 aromatic heterocycles. The van der Waals surface area contributed by atoms with Crippen LogP contribution in [0.4, 0.5) is 5.69 Å². The highest BCUT2D eigenvalue weighted by molar-refractivity contribution is 6.32. The molecule has 0 saturated carbocycles. The molecule has 0 aromatic carbocycles. The fraction of sp³-hybridized carbons (Fsp3) is 0.667. The minimum atomic E-state index is -0.384. The first-order valence-corrected chi connectivity index (χ1v) is 6.81. The van der Waals surface area contributed by atoms with Crippen LogP contribution in [0.2, 0.25) is 5.02 Å². The van der Waals surface area contributed by atoms with Gasteiger partial charge in [-0.05, 0) is 6.92 Å². The first-order valence-electron chi connectivity index (χ1n) is 6.43. The molecule has 1 heterocycles. The minimum absolute atomic E-state index is 0.117. The highest BCUT2D eigenvalue weighted by Gasteiger charge is 2.08. The van der Waals surface area contributed by atoms with Crippen LogP contribution in [0.3, 0.4) is 0 Å². The summed E-state index contributed by atoms with van der Waals surface area (Å²) in [6, 6.07) is 0. The molecule has 20 heavy (non-hydrogen) atoms. The molecule has 0 aliphatic carbocycles. The van der Waals surface area contributed by atoms with Gasteiger partial charge in [0.2, 0.25) is 0 Å². The first-order chi connectivity index (χ1) is 9.56. The van der Waals surface area contributed by atoms with Crippen molar-refractivity contribution in [2.24, 2.45) is 0 Å². The van der Waals surface area contributed by atoms with Crippen molar-refractivity contribution in [2.75, 3.05) is 38.7 Å². The van der Waals surface area contributed by atoms with E-state index >= 15 is 0 Å². The van der Waals surface area contributed by atoms with E-state index in [-0.39, 0.29) is 16.7 Å². The Morgan fingerprint density at radius 1 is 1.55 bits per heavy atom. The van der Waals surface area contributed by atoms with Crippen LogP contribution in [0, 0.1) is 0 Å². The SMILES string of the molecule is COCCn1ncc(NCCNCC(C)O)c(Cl)c1=O. The summed E-state index contributed by atoms with van der Waals surface area (Å²) < 4.78 is 6.16. The molecule has 0 aliphatic heterocycles. The topological polar surface area (TPSA) is 88.4 Å². The predicted octanol–water partition coefficient (Wildman–Crippen LogP) is -0.0746. The lowest BCUT2D eigenvalue weighted by Crippen LogP contribution is -2.30. The third kappa shape index (κ3) is 5.46. The van der Waals surface area contributed by atoms with Gasteiger partial charge in [0.25, 0.3) is 5.56 Å². The Bertz CT molecular complexity index is 465. The fourth-order valence-electron chi connectivity index (χ4n) is 1.52. The second-order valence-electron chi connectivity index (χ2n) is 4.37. The molecule has 0 saturated heterocycles. The molecule has 0 fully saturated rings. The molecule has 3 N–H and O–H groups in total. The molecule has 0 bridgehead atoms. The number of methoxy groups -OCH3 is 1. The Morgan fingerprint density at radius 2 is 2.30 bits per heavy atom. The number of ether oxygens (including phenoxy) is 1. The van der Waals surface area contributed by atoms with Crippen molar-refractivity contribution in [3.8, 4) is 0 Å². The Balaban J connectivity index is 2.51. The van der Waals surface area contributed by atoms with Gasteiger partial charge in [-0.25, -0.2) is 4.68 Å². The number of halogens is 1. The lowest BCUT2D eigenvalue weighted by atomic mass is 10.4. The van der Waals surface area contributed by atoms with Crippen LogP contribution in [-0.2, 0) is 11.3 Å². The Kier molecular flexibility index (Phi) is 7.53. The van der Waals surface area contributed by atoms with Gasteiger partial charge in [-0.2, -0.15) is 5.10 Å². The maximum absolute atomic E-state index is 11.9. The van der Waals surface area contributed by atoms with Crippen molar-refractivity contribution in [3.63, 3.8) is 0 Å². The maximum Gasteiger partial charge on any atom is 0.287 e. The third-order valence-corrected chi connectivity index (χ3v) is 2.91. The zero-order valence-corrected chi connectivity index (χ0v) is 12.5. The summed E-state index contributed by atoms with van der Waals surface area (Å²) in [6.45, 7) is 4.22. The third-order valence-electron chi connectivity index (χ3n) is 2.55. The zero-order chi connectivity index (χ0) is 15.0. The van der Waals surface area contributed by atoms with E-state index in [9.17, 15) is 4.79 Å². The van der Waals surface area contributed by atoms with Crippen LogP contribution >= 0.6 is 11.6 Å². The number of hydrogen-bond acceptors (Lipinski definition) is 6. The van der Waals surface area contributed by atoms with E-state index in [1.54, 1.807) is 14.0 Å². The van der Waals surface area contributed by atoms with E-state index in [0.29, 0.717) is 38.5 Å². The number of nitrogens with zero attached hydrogens (tertiary/aromatic N) is 2. The van der Waals surface area contributed by atoms with Gasteiger partial charge in [-0.1, -0.05) is 11.6 Å². The molecule has 114 valence electrons. The molecular weight excluding hydrogens is 284 g/mol. The zero-order valence-electron chi connectivity index (χ0n) is 11.7. The summed E-state index contributed by atoms with van der Waals surface area (Å²) in [7, 11) is 1.56. The monoisotopic (exact) mass is 304 g/mol. The highest BCUT2D eigenvalue weighted by Crippen LogP contribution is 2.14. The molecule has 0 aliphatic rings. The Labute approximate surface area is 122 Å². The Hall–Kier alpha value is -1.15. The van der Waals surface area contributed by atoms with Gasteiger partial charge in [0.15, 0.2) is 0 Å². The molecular formula is C12H21ClN4O3. The largest absolute Gasteiger partial charge is 0.392 e. The molecule has 1 aromatic rings. The molecule has 7 nitrogen and oxygen atoms in total. The smallest absolute Gasteiger partial charge is 0.287 e. The second-order valence-corrected chi connectivity index (χ2v) is 4.75. The van der Waals surface area contributed by atoms with Gasteiger partial charge in [-0.15, -0.1) is 0 Å². The van der Waals surface area contributed by atoms with E-state index in [4.69, 9.17) is 21.4 Å². The van der Waals surface area contributed by atoms with Crippen molar-refractivity contribution in [3.05, 3.63) is 21.6 Å². The molecule has 0 amide bonds. The molecule has 8 heteroatoms. The van der Waals surface area contributed by atoms with Gasteiger partial charge in [0.1, 0.15) is 5.02 Å². The van der Waals surface area contributed by atoms with Crippen LogP contribution in [0.5, 0.6) is 0 Å². The quantitative estimate of drug-likeness (QED) is 0.553. The van der Waals surface area contributed by atoms with Crippen molar-refractivity contribution in [2.45, 2.75) is 19.6 Å². The summed E-state index contributed by atoms with van der Waals surface area (Å²) >= 11 is 6.00. The number of rotatable bonds is 9. The summed E-state index contributed by atoms with van der Waals surface area (Å²) in [6.07, 6.45) is 1.14. The molecule has 0 radical (unpaired) electrons. The van der Waals surface area contributed by atoms with Crippen molar-refractivity contribution < 1.29 is 9.84 Å². The molecule has 1 unspecified atom stereocenters. The normalized spacial score (nSPS) is 12.4. The summed E-state index contributed by atoms with van der Waals surface area (Å²) in [4.78, 5) is 11.9. The molecule has 0 spiro atoms. The van der Waals surface area contributed by atoms with Crippen LogP contribution in [-0.4, -0.2) is 54.3 Å². The lowest BCUT2D eigenvalue weighted by Gasteiger charge is -2.11. The van der Waals surface area contributed by atoms with Crippen molar-refractivity contribution in [1.82, 2.24) is 15.1 Å². The van der Waals surface area contributed by atoms with Crippen LogP contribution in [0.1, 0.15) is 6.92 Å². The first kappa shape index (κ1) is 16.9. The van der Waals surface area contributed by atoms with E-state index in [1.807, 2.05) is 0 Å². The van der Waals surface area contributed by atoms with Gasteiger partial charge in [-0.3, -0.25) is 4.79 Å². The van der Waals surface area contributed by atoms with Crippen molar-refractivity contribution in [1.29, 1.82) is 0 Å². The van der Waals surface area contributed by atoms with E-state index < -0.39 is 0 Å². The maximum atomic E-state index is 11.9. The number of hydrogen-bond donors (Lipinski definition) is 3. The summed E-state index contributed by atoms with van der Waals surface area (Å²) in [5.74, 6) is 0. The predicted molar refractivity (Wildman–Crippen MR) is 78.4 cm³/mol. The fourth-order valence-corrected chi connectivity index (χ4v) is 1.74. The molecule has 1 atom stereocenters. The van der Waals surface area contributed by atoms with Gasteiger partial charge >= 0.3 is 0 Å². The molecule has 1 rings (SSSR count). The summed E-state index contributed by atoms with van der Waals surface area (Å²) in [5, 5.41) is 19.3. The van der Waals surface area contributed by atoms with Crippen LogP contribution in [0.15, 0.2) is 11.0 Å². The standard InChI is InChI=1S/C12H21ClN4O3/c1-9(18)7-14-3-4-15-10-8-16-17(5-6-20-2)12(19)11(10)13/h8-9,14-15,18H,3-7H2,1-2H3. The summed E-state index contributed by atoms with van der Waals surface area (Å²) in [5.41, 5.74) is 0.162. The number of nitrogens with one attached hydrogen (secondary N) is 2. The minimum Gasteiger partial charge on any atom is -0.392 e. The van der Waals surface area contributed by atoms with E-state index in [0.717, 1.165) is 0 Å². The second kappa shape index (κ2) is 8.91. The van der Waals surface area contributed by atoms with Gasteiger partial charge in [0, 0.05) is 26.7 Å².